The second kappa shape index (κ2) is 7.85. The van der Waals surface area contributed by atoms with Crippen molar-refractivity contribution in [2.75, 3.05) is 31.6 Å². The van der Waals surface area contributed by atoms with E-state index >= 15 is 0 Å². The molecular weight excluding hydrogens is 340 g/mol. The minimum atomic E-state index is -0.332. The van der Waals surface area contributed by atoms with Crippen LogP contribution in [0.25, 0.3) is 0 Å². The van der Waals surface area contributed by atoms with Crippen LogP contribution in [0.2, 0.25) is 0 Å². The highest BCUT2D eigenvalue weighted by molar-refractivity contribution is 7.15. The predicted octanol–water partition coefficient (Wildman–Crippen LogP) is 1.43. The van der Waals surface area contributed by atoms with Crippen LogP contribution in [0.5, 0.6) is 0 Å². The summed E-state index contributed by atoms with van der Waals surface area (Å²) in [6.45, 7) is 8.22. The number of ether oxygens (including phenoxy) is 2. The van der Waals surface area contributed by atoms with E-state index in [0.29, 0.717) is 29.6 Å². The second-order valence-corrected chi connectivity index (χ2v) is 7.91. The number of morpholine rings is 1. The second-order valence-electron chi connectivity index (χ2n) is 7.03. The molecule has 1 aliphatic heterocycles. The van der Waals surface area contributed by atoms with Crippen LogP contribution in [0.1, 0.15) is 55.5 Å². The lowest BCUT2D eigenvalue weighted by Crippen LogP contribution is -3.16. The van der Waals surface area contributed by atoms with Gasteiger partial charge in [0.25, 0.3) is 5.91 Å². The predicted molar refractivity (Wildman–Crippen MR) is 96.5 cm³/mol. The van der Waals surface area contributed by atoms with E-state index in [9.17, 15) is 9.59 Å². The Kier molecular flexibility index (Phi) is 5.76. The van der Waals surface area contributed by atoms with Crippen LogP contribution in [0.15, 0.2) is 5.38 Å². The first-order chi connectivity index (χ1) is 12.0. The summed E-state index contributed by atoms with van der Waals surface area (Å²) in [4.78, 5) is 26.1. The molecule has 3 rings (SSSR count). The number of carbonyl (C=O) groups excluding carboxylic acids is 2. The Bertz CT molecular complexity index is 631. The monoisotopic (exact) mass is 367 g/mol. The summed E-state index contributed by atoms with van der Waals surface area (Å²) in [6, 6.07) is 0. The molecular formula is C18H27N2O4S+. The van der Waals surface area contributed by atoms with E-state index in [4.69, 9.17) is 9.47 Å². The molecule has 3 atom stereocenters. The summed E-state index contributed by atoms with van der Waals surface area (Å²) in [6.07, 6.45) is 2.52. The van der Waals surface area contributed by atoms with Gasteiger partial charge < -0.3 is 19.7 Å². The highest BCUT2D eigenvalue weighted by Gasteiger charge is 2.33. The zero-order valence-electron chi connectivity index (χ0n) is 15.1. The number of esters is 1. The number of anilines is 1. The third-order valence-corrected chi connectivity index (χ3v) is 5.51. The lowest BCUT2D eigenvalue weighted by molar-refractivity contribution is -0.907. The first-order valence-electron chi connectivity index (χ1n) is 9.05. The third-order valence-electron chi connectivity index (χ3n) is 4.60. The normalized spacial score (nSPS) is 26.3. The Balaban J connectivity index is 1.67. The molecule has 25 heavy (non-hydrogen) atoms. The topological polar surface area (TPSA) is 69.1 Å². The molecule has 6 nitrogen and oxygen atoms in total. The van der Waals surface area contributed by atoms with Crippen molar-refractivity contribution in [2.45, 2.75) is 51.7 Å². The van der Waals surface area contributed by atoms with E-state index in [2.05, 4.69) is 5.32 Å². The maximum atomic E-state index is 12.5. The van der Waals surface area contributed by atoms with Gasteiger partial charge in [-0.1, -0.05) is 0 Å². The van der Waals surface area contributed by atoms with Gasteiger partial charge in [-0.25, -0.2) is 4.79 Å². The van der Waals surface area contributed by atoms with Gasteiger partial charge in [0.1, 0.15) is 30.3 Å². The van der Waals surface area contributed by atoms with Gasteiger partial charge in [-0.15, -0.1) is 11.3 Å². The minimum Gasteiger partial charge on any atom is -0.462 e. The third kappa shape index (κ3) is 4.59. The highest BCUT2D eigenvalue weighted by Crippen LogP contribution is 2.46. The number of hydrogen-bond donors (Lipinski definition) is 2. The van der Waals surface area contributed by atoms with Crippen LogP contribution in [-0.2, 0) is 14.3 Å². The molecule has 1 unspecified atom stereocenters. The molecule has 1 aromatic rings. The van der Waals surface area contributed by atoms with E-state index in [-0.39, 0.29) is 24.1 Å². The van der Waals surface area contributed by atoms with Crippen molar-refractivity contribution in [3.8, 4) is 0 Å². The van der Waals surface area contributed by atoms with Crippen molar-refractivity contribution < 1.29 is 24.0 Å². The molecule has 0 bridgehead atoms. The number of amides is 1. The number of nitrogens with one attached hydrogen (secondary N) is 2. The van der Waals surface area contributed by atoms with Crippen molar-refractivity contribution in [2.24, 2.45) is 0 Å². The van der Waals surface area contributed by atoms with Crippen LogP contribution in [-0.4, -0.2) is 50.3 Å². The van der Waals surface area contributed by atoms with E-state index in [1.807, 2.05) is 19.2 Å². The maximum absolute atomic E-state index is 12.5. The van der Waals surface area contributed by atoms with Crippen LogP contribution in [0, 0.1) is 0 Å². The first-order valence-corrected chi connectivity index (χ1v) is 9.93. The van der Waals surface area contributed by atoms with Gasteiger partial charge >= 0.3 is 5.97 Å². The smallest absolute Gasteiger partial charge is 0.341 e. The Hall–Kier alpha value is -1.44. The van der Waals surface area contributed by atoms with Gasteiger partial charge in [0.15, 0.2) is 6.54 Å². The van der Waals surface area contributed by atoms with E-state index in [1.165, 1.54) is 16.2 Å². The van der Waals surface area contributed by atoms with Crippen LogP contribution in [0.3, 0.4) is 0 Å². The Labute approximate surface area is 152 Å². The average molecular weight is 367 g/mol. The molecule has 1 aliphatic carbocycles. The zero-order valence-corrected chi connectivity index (χ0v) is 15.9. The molecule has 0 aromatic carbocycles. The van der Waals surface area contributed by atoms with Crippen LogP contribution in [0.4, 0.5) is 5.00 Å². The lowest BCUT2D eigenvalue weighted by atomic mass is 10.1. The van der Waals surface area contributed by atoms with Crippen molar-refractivity contribution in [3.63, 3.8) is 0 Å². The summed E-state index contributed by atoms with van der Waals surface area (Å²) >= 11 is 1.42. The number of rotatable bonds is 6. The zero-order chi connectivity index (χ0) is 18.0. The van der Waals surface area contributed by atoms with Crippen molar-refractivity contribution in [3.05, 3.63) is 16.5 Å². The summed E-state index contributed by atoms with van der Waals surface area (Å²) in [7, 11) is 0. The molecule has 1 saturated heterocycles. The molecule has 138 valence electrons. The molecule has 1 amide bonds. The fourth-order valence-corrected chi connectivity index (χ4v) is 4.55. The minimum absolute atomic E-state index is 0.0638. The molecule has 1 saturated carbocycles. The SMILES string of the molecule is CCOC(=O)c1c(C2CC2)csc1NC(=O)C[NH+]1C[C@@H](C)O[C@@H](C)C1. The molecule has 0 radical (unpaired) electrons. The van der Waals surface area contributed by atoms with E-state index in [1.54, 1.807) is 6.92 Å². The molecule has 0 spiro atoms. The summed E-state index contributed by atoms with van der Waals surface area (Å²) < 4.78 is 10.9. The average Bonchev–Trinajstić information content (AvgIpc) is 3.27. The van der Waals surface area contributed by atoms with E-state index < -0.39 is 0 Å². The Morgan fingerprint density at radius 3 is 2.60 bits per heavy atom. The highest BCUT2D eigenvalue weighted by atomic mass is 32.1. The number of carbonyl (C=O) groups is 2. The van der Waals surface area contributed by atoms with E-state index in [0.717, 1.165) is 31.5 Å². The number of hydrogen-bond acceptors (Lipinski definition) is 5. The van der Waals surface area contributed by atoms with Gasteiger partial charge in [0.2, 0.25) is 0 Å². The van der Waals surface area contributed by atoms with Gasteiger partial charge in [-0.2, -0.15) is 0 Å². The fraction of sp³-hybridized carbons (Fsp3) is 0.667. The number of quaternary nitrogens is 1. The van der Waals surface area contributed by atoms with Gasteiger partial charge in [0, 0.05) is 0 Å². The first kappa shape index (κ1) is 18.4. The van der Waals surface area contributed by atoms with Crippen LogP contribution < -0.4 is 10.2 Å². The molecule has 1 aromatic heterocycles. The maximum Gasteiger partial charge on any atom is 0.341 e. The quantitative estimate of drug-likeness (QED) is 0.747. The standard InChI is InChI=1S/C18H26N2O4S/c1-4-23-18(22)16-14(13-5-6-13)10-25-17(16)19-15(21)9-20-7-11(2)24-12(3)8-20/h10-13H,4-9H2,1-3H3,(H,19,21)/p+1/t11-,12+. The molecule has 2 heterocycles. The molecule has 2 fully saturated rings. The van der Waals surface area contributed by atoms with Gasteiger partial charge in [-0.05, 0) is 50.5 Å². The lowest BCUT2D eigenvalue weighted by Gasteiger charge is -2.31. The largest absolute Gasteiger partial charge is 0.462 e. The number of thiophene rings is 1. The van der Waals surface area contributed by atoms with Gasteiger partial charge in [0.05, 0.1) is 12.2 Å². The summed E-state index contributed by atoms with van der Waals surface area (Å²) in [5, 5.41) is 5.56. The van der Waals surface area contributed by atoms with Crippen molar-refractivity contribution in [1.82, 2.24) is 0 Å². The molecule has 7 heteroatoms. The molecule has 2 N–H and O–H groups in total. The fourth-order valence-electron chi connectivity index (χ4n) is 3.50. The van der Waals surface area contributed by atoms with Crippen molar-refractivity contribution in [1.29, 1.82) is 0 Å². The summed E-state index contributed by atoms with van der Waals surface area (Å²) in [5.41, 5.74) is 1.58. The van der Waals surface area contributed by atoms with Crippen molar-refractivity contribution >= 4 is 28.2 Å². The Morgan fingerprint density at radius 1 is 1.32 bits per heavy atom. The van der Waals surface area contributed by atoms with Gasteiger partial charge in [-0.3, -0.25) is 4.79 Å². The van der Waals surface area contributed by atoms with Crippen LogP contribution >= 0.6 is 11.3 Å². The Morgan fingerprint density at radius 2 is 2.00 bits per heavy atom. The summed E-state index contributed by atoms with van der Waals surface area (Å²) in [5.74, 6) is 0.0424. The molecule has 2 aliphatic rings.